The van der Waals surface area contributed by atoms with Crippen molar-refractivity contribution in [3.8, 4) is 0 Å². The van der Waals surface area contributed by atoms with Crippen molar-refractivity contribution in [2.75, 3.05) is 18.5 Å². The van der Waals surface area contributed by atoms with Gasteiger partial charge >= 0.3 is 0 Å². The smallest absolute Gasteiger partial charge is 0.235 e. The summed E-state index contributed by atoms with van der Waals surface area (Å²) < 4.78 is 0. The highest BCUT2D eigenvalue weighted by Crippen LogP contribution is 2.46. The molecule has 5 nitrogen and oxygen atoms in total. The van der Waals surface area contributed by atoms with Gasteiger partial charge in [-0.05, 0) is 38.3 Å². The Labute approximate surface area is 131 Å². The minimum atomic E-state index is -0.807. The maximum absolute atomic E-state index is 12.4. The van der Waals surface area contributed by atoms with Crippen molar-refractivity contribution < 1.29 is 9.59 Å². The number of nitrogens with zero attached hydrogens (tertiary/aromatic N) is 1. The summed E-state index contributed by atoms with van der Waals surface area (Å²) in [6, 6.07) is 10.7. The third-order valence-corrected chi connectivity index (χ3v) is 4.84. The van der Waals surface area contributed by atoms with Gasteiger partial charge in [-0.15, -0.1) is 0 Å². The molecule has 1 saturated heterocycles. The van der Waals surface area contributed by atoms with E-state index in [4.69, 9.17) is 0 Å². The number of hydrogen-bond donors (Lipinski definition) is 2. The van der Waals surface area contributed by atoms with E-state index in [0.29, 0.717) is 18.9 Å². The lowest BCUT2D eigenvalue weighted by Gasteiger charge is -2.23. The van der Waals surface area contributed by atoms with Crippen LogP contribution in [0.1, 0.15) is 26.2 Å². The van der Waals surface area contributed by atoms with E-state index < -0.39 is 5.41 Å². The van der Waals surface area contributed by atoms with Gasteiger partial charge in [0.1, 0.15) is 5.41 Å². The van der Waals surface area contributed by atoms with Crippen molar-refractivity contribution in [1.29, 1.82) is 0 Å². The standard InChI is InChI=1S/C17H23N3O2/c1-12-10-13(11-20(12)14-6-4-3-5-7-14)19-16(22)17(8-9-17)15(21)18-2/h3-7,12-13H,8-11H2,1-2H3,(H,18,21)(H,19,22)/t12-,13+/m0/s1. The van der Waals surface area contributed by atoms with E-state index in [0.717, 1.165) is 13.0 Å². The van der Waals surface area contributed by atoms with Gasteiger partial charge in [-0.3, -0.25) is 9.59 Å². The summed E-state index contributed by atoms with van der Waals surface area (Å²) in [4.78, 5) is 26.6. The van der Waals surface area contributed by atoms with Crippen molar-refractivity contribution in [3.05, 3.63) is 30.3 Å². The minimum absolute atomic E-state index is 0.102. The molecule has 0 radical (unpaired) electrons. The summed E-state index contributed by atoms with van der Waals surface area (Å²) in [7, 11) is 1.59. The number of nitrogens with one attached hydrogen (secondary N) is 2. The summed E-state index contributed by atoms with van der Waals surface area (Å²) in [5, 5.41) is 5.69. The van der Waals surface area contributed by atoms with E-state index in [1.165, 1.54) is 5.69 Å². The van der Waals surface area contributed by atoms with E-state index in [1.54, 1.807) is 7.05 Å². The van der Waals surface area contributed by atoms with Crippen molar-refractivity contribution in [2.24, 2.45) is 5.41 Å². The fraction of sp³-hybridized carbons (Fsp3) is 0.529. The number of hydrogen-bond acceptors (Lipinski definition) is 3. The van der Waals surface area contributed by atoms with Gasteiger partial charge in [0.05, 0.1) is 0 Å². The Morgan fingerprint density at radius 1 is 1.18 bits per heavy atom. The monoisotopic (exact) mass is 301 g/mol. The van der Waals surface area contributed by atoms with Crippen LogP contribution >= 0.6 is 0 Å². The molecule has 2 fully saturated rings. The second kappa shape index (κ2) is 5.63. The molecule has 118 valence electrons. The summed E-state index contributed by atoms with van der Waals surface area (Å²) in [6.45, 7) is 2.96. The Kier molecular flexibility index (Phi) is 3.81. The summed E-state index contributed by atoms with van der Waals surface area (Å²) in [5.74, 6) is -0.269. The van der Waals surface area contributed by atoms with Gasteiger partial charge in [0.2, 0.25) is 11.8 Å². The Hall–Kier alpha value is -2.04. The summed E-state index contributed by atoms with van der Waals surface area (Å²) in [5.41, 5.74) is 0.372. The van der Waals surface area contributed by atoms with Gasteiger partial charge in [-0.25, -0.2) is 0 Å². The largest absolute Gasteiger partial charge is 0.367 e. The van der Waals surface area contributed by atoms with Crippen LogP contribution < -0.4 is 15.5 Å². The average Bonchev–Trinajstić information content (AvgIpc) is 3.27. The first-order chi connectivity index (χ1) is 10.6. The molecule has 2 atom stereocenters. The van der Waals surface area contributed by atoms with Crippen molar-refractivity contribution in [3.63, 3.8) is 0 Å². The second-order valence-corrected chi connectivity index (χ2v) is 6.40. The Balaban J connectivity index is 1.63. The van der Waals surface area contributed by atoms with Crippen LogP contribution in [0.2, 0.25) is 0 Å². The molecule has 2 N–H and O–H groups in total. The normalized spacial score (nSPS) is 25.6. The highest BCUT2D eigenvalue weighted by Gasteiger charge is 2.56. The summed E-state index contributed by atoms with van der Waals surface area (Å²) in [6.07, 6.45) is 2.22. The maximum atomic E-state index is 12.4. The molecule has 1 aromatic rings. The van der Waals surface area contributed by atoms with Gasteiger partial charge in [0, 0.05) is 31.4 Å². The number of para-hydroxylation sites is 1. The van der Waals surface area contributed by atoms with Crippen LogP contribution in [0.25, 0.3) is 0 Å². The number of carbonyl (C=O) groups is 2. The van der Waals surface area contributed by atoms with Crippen LogP contribution in [-0.4, -0.2) is 37.5 Å². The molecule has 5 heteroatoms. The molecule has 0 spiro atoms. The second-order valence-electron chi connectivity index (χ2n) is 6.40. The lowest BCUT2D eigenvalue weighted by Crippen LogP contribution is -2.46. The molecule has 0 unspecified atom stereocenters. The zero-order valence-corrected chi connectivity index (χ0v) is 13.1. The number of amides is 2. The highest BCUT2D eigenvalue weighted by molar-refractivity contribution is 6.07. The molecule has 3 rings (SSSR count). The molecule has 0 bridgehead atoms. The first-order valence-electron chi connectivity index (χ1n) is 7.91. The number of benzene rings is 1. The zero-order chi connectivity index (χ0) is 15.7. The molecular weight excluding hydrogens is 278 g/mol. The predicted molar refractivity (Wildman–Crippen MR) is 85.5 cm³/mol. The Morgan fingerprint density at radius 3 is 2.45 bits per heavy atom. The molecule has 1 heterocycles. The Morgan fingerprint density at radius 2 is 1.86 bits per heavy atom. The molecule has 1 aliphatic carbocycles. The SMILES string of the molecule is CNC(=O)C1(C(=O)N[C@@H]2C[C@H](C)N(c3ccccc3)C2)CC1. The first kappa shape index (κ1) is 14.9. The van der Waals surface area contributed by atoms with Gasteiger partial charge in [-0.2, -0.15) is 0 Å². The molecule has 2 amide bonds. The fourth-order valence-corrected chi connectivity index (χ4v) is 3.36. The topological polar surface area (TPSA) is 61.4 Å². The maximum Gasteiger partial charge on any atom is 0.235 e. The van der Waals surface area contributed by atoms with E-state index >= 15 is 0 Å². The molecule has 1 aliphatic heterocycles. The van der Waals surface area contributed by atoms with Crippen LogP contribution in [0.4, 0.5) is 5.69 Å². The van der Waals surface area contributed by atoms with E-state index in [-0.39, 0.29) is 17.9 Å². The van der Waals surface area contributed by atoms with Gasteiger partial charge in [0.15, 0.2) is 0 Å². The molecule has 2 aliphatic rings. The Bertz CT molecular complexity index is 569. The van der Waals surface area contributed by atoms with Crippen molar-refractivity contribution >= 4 is 17.5 Å². The fourth-order valence-electron chi connectivity index (χ4n) is 3.36. The lowest BCUT2D eigenvalue weighted by atomic mass is 10.0. The molecule has 22 heavy (non-hydrogen) atoms. The van der Waals surface area contributed by atoms with Crippen LogP contribution in [-0.2, 0) is 9.59 Å². The van der Waals surface area contributed by atoms with Crippen LogP contribution in [0, 0.1) is 5.41 Å². The van der Waals surface area contributed by atoms with Crippen LogP contribution in [0.15, 0.2) is 30.3 Å². The molecule has 1 saturated carbocycles. The molecule has 1 aromatic carbocycles. The number of rotatable bonds is 4. The first-order valence-corrected chi connectivity index (χ1v) is 7.91. The van der Waals surface area contributed by atoms with Crippen LogP contribution in [0.5, 0.6) is 0 Å². The molecular formula is C17H23N3O2. The number of anilines is 1. The number of carbonyl (C=O) groups excluding carboxylic acids is 2. The average molecular weight is 301 g/mol. The van der Waals surface area contributed by atoms with Crippen molar-refractivity contribution in [1.82, 2.24) is 10.6 Å². The highest BCUT2D eigenvalue weighted by atomic mass is 16.2. The zero-order valence-electron chi connectivity index (χ0n) is 13.1. The third-order valence-electron chi connectivity index (χ3n) is 4.84. The molecule has 0 aromatic heterocycles. The predicted octanol–water partition coefficient (Wildman–Crippen LogP) is 1.30. The third kappa shape index (κ3) is 2.56. The van der Waals surface area contributed by atoms with Crippen molar-refractivity contribution in [2.45, 2.75) is 38.3 Å². The van der Waals surface area contributed by atoms with E-state index in [2.05, 4.69) is 34.6 Å². The van der Waals surface area contributed by atoms with Crippen LogP contribution in [0.3, 0.4) is 0 Å². The van der Waals surface area contributed by atoms with Gasteiger partial charge < -0.3 is 15.5 Å². The van der Waals surface area contributed by atoms with Gasteiger partial charge in [-0.1, -0.05) is 18.2 Å². The lowest BCUT2D eigenvalue weighted by molar-refractivity contribution is -0.137. The quantitative estimate of drug-likeness (QED) is 0.824. The van der Waals surface area contributed by atoms with E-state index in [1.807, 2.05) is 18.2 Å². The van der Waals surface area contributed by atoms with E-state index in [9.17, 15) is 9.59 Å². The van der Waals surface area contributed by atoms with Gasteiger partial charge in [0.25, 0.3) is 0 Å². The summed E-state index contributed by atoms with van der Waals surface area (Å²) >= 11 is 0. The minimum Gasteiger partial charge on any atom is -0.367 e.